The Labute approximate surface area is 217 Å². The quantitative estimate of drug-likeness (QED) is 0.479. The van der Waals surface area contributed by atoms with E-state index >= 15 is 0 Å². The third kappa shape index (κ3) is 2.83. The highest BCUT2D eigenvalue weighted by Gasteiger charge is 2.78. The van der Waals surface area contributed by atoms with Gasteiger partial charge in [0.15, 0.2) is 5.54 Å². The minimum absolute atomic E-state index is 0.181. The Hall–Kier alpha value is -2.72. The van der Waals surface area contributed by atoms with Gasteiger partial charge in [-0.05, 0) is 49.5 Å². The van der Waals surface area contributed by atoms with E-state index in [1.165, 1.54) is 11.8 Å². The summed E-state index contributed by atoms with van der Waals surface area (Å²) in [5, 5.41) is 0.501. The van der Waals surface area contributed by atoms with Crippen molar-refractivity contribution in [2.24, 2.45) is 0 Å². The Morgan fingerprint density at radius 3 is 2.71 bits per heavy atom. The molecule has 178 valence electrons. The van der Waals surface area contributed by atoms with Gasteiger partial charge in [-0.1, -0.05) is 41.6 Å². The molecule has 3 atom stereocenters. The van der Waals surface area contributed by atoms with Gasteiger partial charge in [-0.15, -0.1) is 0 Å². The molecule has 0 aliphatic carbocycles. The lowest BCUT2D eigenvalue weighted by Gasteiger charge is -2.42. The second-order valence-corrected chi connectivity index (χ2v) is 11.3. The van der Waals surface area contributed by atoms with Crippen molar-refractivity contribution in [3.63, 3.8) is 0 Å². The zero-order chi connectivity index (χ0) is 24.5. The minimum atomic E-state index is -1.31. The number of thioether (sulfide) groups is 1. The lowest BCUT2D eigenvalue weighted by atomic mass is 9.73. The first kappa shape index (κ1) is 22.7. The smallest absolute Gasteiger partial charge is 0.254 e. The van der Waals surface area contributed by atoms with E-state index in [1.54, 1.807) is 41.4 Å². The second kappa shape index (κ2) is 7.89. The third-order valence-electron chi connectivity index (χ3n) is 7.35. The van der Waals surface area contributed by atoms with Crippen molar-refractivity contribution in [1.29, 1.82) is 0 Å². The van der Waals surface area contributed by atoms with Crippen molar-refractivity contribution >= 4 is 57.4 Å². The highest BCUT2D eigenvalue weighted by atomic mass is 35.5. The summed E-state index contributed by atoms with van der Waals surface area (Å²) >= 11 is 13.5. The van der Waals surface area contributed by atoms with Crippen LogP contribution in [0.25, 0.3) is 0 Å². The molecule has 3 aliphatic rings. The third-order valence-corrected chi connectivity index (χ3v) is 9.53. The molecule has 2 saturated heterocycles. The topological polar surface area (TPSA) is 69.9 Å². The molecule has 2 aromatic heterocycles. The van der Waals surface area contributed by atoms with Crippen LogP contribution < -0.4 is 4.90 Å². The molecule has 3 aliphatic heterocycles. The number of thiocarbonyl (C=S) groups is 1. The van der Waals surface area contributed by atoms with E-state index < -0.39 is 16.2 Å². The Morgan fingerprint density at radius 1 is 1.17 bits per heavy atom. The van der Waals surface area contributed by atoms with Crippen LogP contribution in [0.5, 0.6) is 0 Å². The standard InChI is InChI=1S/C25H21ClN4O3S2/c1-28-14-18(19-7-3-4-10-27-19)25(22(32)30(23(34)35-25)13-16-6-5-11-33-16)24(28)17-12-15(26)8-9-20(17)29(2)21(24)31/h3-12,18H,13-14H2,1-2H3/t18-,24+,25+/m1/s1. The lowest BCUT2D eigenvalue weighted by molar-refractivity contribution is -0.139. The molecule has 0 bridgehead atoms. The summed E-state index contributed by atoms with van der Waals surface area (Å²) in [7, 11) is 3.63. The van der Waals surface area contributed by atoms with Crippen LogP contribution in [-0.2, 0) is 21.7 Å². The molecule has 0 N–H and O–H groups in total. The van der Waals surface area contributed by atoms with Crippen LogP contribution in [0.1, 0.15) is 22.9 Å². The number of likely N-dealkylation sites (N-methyl/N-ethyl adjacent to an activating group) is 2. The van der Waals surface area contributed by atoms with Gasteiger partial charge in [0.25, 0.3) is 5.91 Å². The van der Waals surface area contributed by atoms with Gasteiger partial charge in [-0.25, -0.2) is 0 Å². The molecule has 0 unspecified atom stereocenters. The summed E-state index contributed by atoms with van der Waals surface area (Å²) in [5.41, 5.74) is 0.872. The monoisotopic (exact) mass is 524 g/mol. The van der Waals surface area contributed by atoms with Gasteiger partial charge < -0.3 is 9.32 Å². The average molecular weight is 525 g/mol. The van der Waals surface area contributed by atoms with E-state index in [2.05, 4.69) is 4.98 Å². The molecule has 3 aromatic rings. The minimum Gasteiger partial charge on any atom is -0.467 e. The Bertz CT molecular complexity index is 1370. The highest BCUT2D eigenvalue weighted by Crippen LogP contribution is 2.66. The first-order chi connectivity index (χ1) is 16.8. The van der Waals surface area contributed by atoms with E-state index in [9.17, 15) is 9.59 Å². The van der Waals surface area contributed by atoms with E-state index in [0.717, 1.165) is 11.4 Å². The largest absolute Gasteiger partial charge is 0.467 e. The van der Waals surface area contributed by atoms with Crippen molar-refractivity contribution in [2.75, 3.05) is 25.5 Å². The Kier molecular flexibility index (Phi) is 5.12. The van der Waals surface area contributed by atoms with E-state index in [0.29, 0.717) is 27.2 Å². The van der Waals surface area contributed by atoms with Gasteiger partial charge in [-0.3, -0.25) is 24.4 Å². The Morgan fingerprint density at radius 2 is 2.00 bits per heavy atom. The van der Waals surface area contributed by atoms with Gasteiger partial charge in [0.1, 0.15) is 14.8 Å². The van der Waals surface area contributed by atoms with Crippen molar-refractivity contribution in [1.82, 2.24) is 14.8 Å². The van der Waals surface area contributed by atoms with Crippen LogP contribution in [0, 0.1) is 0 Å². The van der Waals surface area contributed by atoms with Crippen molar-refractivity contribution in [3.05, 3.63) is 83.0 Å². The molecule has 7 nitrogen and oxygen atoms in total. The molecular weight excluding hydrogens is 504 g/mol. The van der Waals surface area contributed by atoms with Crippen LogP contribution in [0.2, 0.25) is 5.02 Å². The van der Waals surface area contributed by atoms with Crippen molar-refractivity contribution < 1.29 is 14.0 Å². The number of amides is 2. The van der Waals surface area contributed by atoms with Crippen LogP contribution in [0.15, 0.2) is 65.4 Å². The number of pyridine rings is 1. The first-order valence-corrected chi connectivity index (χ1v) is 12.7. The number of likely N-dealkylation sites (tertiary alicyclic amines) is 1. The number of hydrogen-bond acceptors (Lipinski definition) is 7. The SMILES string of the molecule is CN1C(=O)[C@]2(c3cc(Cl)ccc31)N(C)C[C@H](c1ccccn1)[C@@]21SC(=S)N(Cc2ccco2)C1=O. The maximum atomic E-state index is 14.6. The van der Waals surface area contributed by atoms with Gasteiger partial charge in [0.05, 0.1) is 12.8 Å². The number of furan rings is 1. The fourth-order valence-electron chi connectivity index (χ4n) is 5.91. The molecule has 2 spiro atoms. The fourth-order valence-corrected chi connectivity index (χ4v) is 8.19. The predicted molar refractivity (Wildman–Crippen MR) is 138 cm³/mol. The molecule has 1 aromatic carbocycles. The predicted octanol–water partition coefficient (Wildman–Crippen LogP) is 4.03. The zero-order valence-corrected chi connectivity index (χ0v) is 21.4. The summed E-state index contributed by atoms with van der Waals surface area (Å²) in [6, 6.07) is 14.6. The molecule has 0 saturated carbocycles. The van der Waals surface area contributed by atoms with Crippen LogP contribution in [0.3, 0.4) is 0 Å². The molecule has 6 rings (SSSR count). The van der Waals surface area contributed by atoms with Gasteiger partial charge >= 0.3 is 0 Å². The molecule has 2 amide bonds. The number of fused-ring (bicyclic) bond motifs is 3. The number of rotatable bonds is 3. The van der Waals surface area contributed by atoms with Crippen molar-refractivity contribution in [3.8, 4) is 0 Å². The normalized spacial score (nSPS) is 28.2. The zero-order valence-electron chi connectivity index (χ0n) is 19.0. The molecular formula is C25H21ClN4O3S2. The molecule has 0 radical (unpaired) electrons. The number of carbonyl (C=O) groups excluding carboxylic acids is 2. The molecule has 35 heavy (non-hydrogen) atoms. The number of nitrogens with zero attached hydrogens (tertiary/aromatic N) is 4. The van der Waals surface area contributed by atoms with Crippen molar-refractivity contribution in [2.45, 2.75) is 22.7 Å². The van der Waals surface area contributed by atoms with E-state index in [4.69, 9.17) is 28.2 Å². The molecule has 2 fully saturated rings. The first-order valence-electron chi connectivity index (χ1n) is 11.1. The number of anilines is 1. The number of aromatic nitrogens is 1. The Balaban J connectivity index is 1.62. The van der Waals surface area contributed by atoms with Gasteiger partial charge in [0, 0.05) is 47.7 Å². The van der Waals surface area contributed by atoms with E-state index in [1.807, 2.05) is 48.3 Å². The summed E-state index contributed by atoms with van der Waals surface area (Å²) in [6.07, 6.45) is 3.28. The molecule has 10 heteroatoms. The number of halogens is 1. The van der Waals surface area contributed by atoms with E-state index in [-0.39, 0.29) is 18.4 Å². The van der Waals surface area contributed by atoms with Gasteiger partial charge in [0.2, 0.25) is 5.91 Å². The van der Waals surface area contributed by atoms with Crippen LogP contribution in [-0.4, -0.2) is 56.3 Å². The highest BCUT2D eigenvalue weighted by molar-refractivity contribution is 8.25. The fraction of sp³-hybridized carbons (Fsp3) is 0.280. The number of carbonyl (C=O) groups is 2. The summed E-state index contributed by atoms with van der Waals surface area (Å²) in [5.74, 6) is -0.183. The number of hydrogen-bond donors (Lipinski definition) is 0. The van der Waals surface area contributed by atoms with Gasteiger partial charge in [-0.2, -0.15) is 0 Å². The second-order valence-electron chi connectivity index (χ2n) is 9.00. The average Bonchev–Trinajstić information content (AvgIpc) is 3.57. The number of benzene rings is 1. The maximum Gasteiger partial charge on any atom is 0.254 e. The summed E-state index contributed by atoms with van der Waals surface area (Å²) < 4.78 is 4.66. The lowest BCUT2D eigenvalue weighted by Crippen LogP contribution is -2.62. The van der Waals surface area contributed by atoms with Crippen LogP contribution >= 0.6 is 35.6 Å². The van der Waals surface area contributed by atoms with Crippen LogP contribution in [0.4, 0.5) is 5.69 Å². The summed E-state index contributed by atoms with van der Waals surface area (Å²) in [4.78, 5) is 38.7. The molecule has 5 heterocycles. The summed E-state index contributed by atoms with van der Waals surface area (Å²) in [6.45, 7) is 0.638. The maximum absolute atomic E-state index is 14.6.